The third-order valence-corrected chi connectivity index (χ3v) is 8.68. The highest BCUT2D eigenvalue weighted by Crippen LogP contribution is 2.33. The number of hydrogen-bond acceptors (Lipinski definition) is 7. The molecule has 0 saturated carbocycles. The predicted octanol–water partition coefficient (Wildman–Crippen LogP) is 4.94. The number of ether oxygens (including phenoxy) is 1. The molecule has 1 aliphatic rings. The Balaban J connectivity index is 1.31. The van der Waals surface area contributed by atoms with E-state index in [1.807, 2.05) is 18.2 Å². The van der Waals surface area contributed by atoms with Gasteiger partial charge in [0.25, 0.3) is 10.0 Å². The molecule has 1 aromatic heterocycles. The summed E-state index contributed by atoms with van der Waals surface area (Å²) in [6.45, 7) is 2.04. The lowest BCUT2D eigenvalue weighted by Gasteiger charge is -2.19. The maximum atomic E-state index is 12.9. The zero-order chi connectivity index (χ0) is 23.7. The van der Waals surface area contributed by atoms with E-state index in [0.717, 1.165) is 28.4 Å². The number of hydrogen-bond donors (Lipinski definition) is 0. The fourth-order valence-corrected chi connectivity index (χ4v) is 6.10. The summed E-state index contributed by atoms with van der Waals surface area (Å²) in [5, 5.41) is 0.994. The molecule has 1 saturated heterocycles. The number of para-hydroxylation sites is 1. The third-order valence-electron chi connectivity index (χ3n) is 5.80. The monoisotopic (exact) mass is 493 g/mol. The number of sulfonamides is 1. The molecule has 0 radical (unpaired) electrons. The number of esters is 1. The van der Waals surface area contributed by atoms with Gasteiger partial charge in [0.05, 0.1) is 26.4 Å². The van der Waals surface area contributed by atoms with E-state index in [0.29, 0.717) is 11.4 Å². The second-order valence-corrected chi connectivity index (χ2v) is 11.0. The van der Waals surface area contributed by atoms with Crippen molar-refractivity contribution in [3.63, 3.8) is 0 Å². The van der Waals surface area contributed by atoms with Gasteiger partial charge in [-0.1, -0.05) is 29.5 Å². The Kier molecular flexibility index (Phi) is 5.97. The quantitative estimate of drug-likeness (QED) is 0.280. The second-order valence-electron chi connectivity index (χ2n) is 8.04. The molecule has 1 fully saturated rings. The molecule has 1 aliphatic heterocycles. The minimum absolute atomic E-state index is 0.0934. The first kappa shape index (κ1) is 22.4. The van der Waals surface area contributed by atoms with Gasteiger partial charge in [-0.15, -0.1) is 0 Å². The number of benzene rings is 3. The molecular formula is C25H23N3O4S2. The molecule has 4 aromatic rings. The van der Waals surface area contributed by atoms with Gasteiger partial charge >= 0.3 is 5.97 Å². The summed E-state index contributed by atoms with van der Waals surface area (Å²) in [5.74, 6) is -0.126. The minimum Gasteiger partial charge on any atom is -0.423 e. The van der Waals surface area contributed by atoms with Crippen molar-refractivity contribution >= 4 is 48.4 Å². The summed E-state index contributed by atoms with van der Waals surface area (Å²) in [4.78, 5) is 19.7. The fraction of sp³-hybridized carbons (Fsp3) is 0.200. The van der Waals surface area contributed by atoms with Gasteiger partial charge in [-0.2, -0.15) is 0 Å². The van der Waals surface area contributed by atoms with Crippen molar-refractivity contribution in [1.82, 2.24) is 4.98 Å². The SMILES string of the molecule is CN(c1ccccc1)S(=O)(=O)c1ccc(C(=O)Oc2ccc3nc(N4CCCC4)sc3c2)cc1. The highest BCUT2D eigenvalue weighted by molar-refractivity contribution is 7.92. The van der Waals surface area contributed by atoms with Gasteiger partial charge in [-0.05, 0) is 61.4 Å². The Hall–Kier alpha value is -3.43. The molecule has 0 aliphatic carbocycles. The van der Waals surface area contributed by atoms with Crippen LogP contribution < -0.4 is 13.9 Å². The molecule has 2 heterocycles. The van der Waals surface area contributed by atoms with Crippen LogP contribution >= 0.6 is 11.3 Å². The Morgan fingerprint density at radius 1 is 1.00 bits per heavy atom. The van der Waals surface area contributed by atoms with Crippen molar-refractivity contribution < 1.29 is 17.9 Å². The molecule has 0 atom stereocenters. The summed E-state index contributed by atoms with van der Waals surface area (Å²) in [5.41, 5.74) is 1.70. The van der Waals surface area contributed by atoms with E-state index in [4.69, 9.17) is 4.74 Å². The number of thiazole rings is 1. The summed E-state index contributed by atoms with van der Waals surface area (Å²) in [6, 6.07) is 20.0. The van der Waals surface area contributed by atoms with Gasteiger partial charge in [-0.25, -0.2) is 18.2 Å². The van der Waals surface area contributed by atoms with Crippen molar-refractivity contribution in [3.8, 4) is 5.75 Å². The minimum atomic E-state index is -3.75. The normalized spacial score (nSPS) is 13.9. The molecular weight excluding hydrogens is 470 g/mol. The molecule has 9 heteroatoms. The van der Waals surface area contributed by atoms with Crippen LogP contribution in [0.4, 0.5) is 10.8 Å². The van der Waals surface area contributed by atoms with Crippen molar-refractivity contribution in [2.24, 2.45) is 0 Å². The first-order chi connectivity index (χ1) is 16.4. The summed E-state index contributed by atoms with van der Waals surface area (Å²) in [7, 11) is -2.25. The lowest BCUT2D eigenvalue weighted by Crippen LogP contribution is -2.26. The molecule has 34 heavy (non-hydrogen) atoms. The Morgan fingerprint density at radius 2 is 1.71 bits per heavy atom. The molecule has 174 valence electrons. The molecule has 0 N–H and O–H groups in total. The standard InChI is InChI=1S/C25H23N3O4S2/c1-27(19-7-3-2-4-8-19)34(30,31)21-12-9-18(10-13-21)24(29)32-20-11-14-22-23(17-20)33-25(26-22)28-15-5-6-16-28/h2-4,7-14,17H,5-6,15-16H2,1H3. The maximum Gasteiger partial charge on any atom is 0.343 e. The molecule has 0 unspecified atom stereocenters. The number of rotatable bonds is 6. The van der Waals surface area contributed by atoms with Crippen LogP contribution in [0.5, 0.6) is 5.75 Å². The van der Waals surface area contributed by atoms with E-state index in [2.05, 4.69) is 9.88 Å². The highest BCUT2D eigenvalue weighted by atomic mass is 32.2. The van der Waals surface area contributed by atoms with Gasteiger partial charge in [0.15, 0.2) is 5.13 Å². The largest absolute Gasteiger partial charge is 0.423 e. The van der Waals surface area contributed by atoms with Crippen LogP contribution in [0.1, 0.15) is 23.2 Å². The topological polar surface area (TPSA) is 79.8 Å². The smallest absolute Gasteiger partial charge is 0.343 e. The zero-order valence-electron chi connectivity index (χ0n) is 18.5. The molecule has 0 amide bonds. The predicted molar refractivity (Wildman–Crippen MR) is 134 cm³/mol. The average molecular weight is 494 g/mol. The highest BCUT2D eigenvalue weighted by Gasteiger charge is 2.22. The van der Waals surface area contributed by atoms with E-state index in [9.17, 15) is 13.2 Å². The molecule has 0 spiro atoms. The Labute approximate surface area is 202 Å². The van der Waals surface area contributed by atoms with Crippen molar-refractivity contribution in [1.29, 1.82) is 0 Å². The summed E-state index contributed by atoms with van der Waals surface area (Å²) in [6.07, 6.45) is 2.36. The number of fused-ring (bicyclic) bond motifs is 1. The average Bonchev–Trinajstić information content (AvgIpc) is 3.54. The number of anilines is 2. The second kappa shape index (κ2) is 9.08. The lowest BCUT2D eigenvalue weighted by atomic mass is 10.2. The fourth-order valence-electron chi connectivity index (χ4n) is 3.86. The van der Waals surface area contributed by atoms with Crippen LogP contribution in [0.15, 0.2) is 77.7 Å². The van der Waals surface area contributed by atoms with Gasteiger partial charge in [0.2, 0.25) is 0 Å². The van der Waals surface area contributed by atoms with Crippen LogP contribution in [0, 0.1) is 0 Å². The van der Waals surface area contributed by atoms with Crippen LogP contribution in [-0.2, 0) is 10.0 Å². The number of carbonyl (C=O) groups is 1. The zero-order valence-corrected chi connectivity index (χ0v) is 20.2. The van der Waals surface area contributed by atoms with E-state index in [-0.39, 0.29) is 10.5 Å². The molecule has 0 bridgehead atoms. The van der Waals surface area contributed by atoms with E-state index < -0.39 is 16.0 Å². The maximum absolute atomic E-state index is 12.9. The number of carbonyl (C=O) groups excluding carboxylic acids is 1. The Morgan fingerprint density at radius 3 is 2.41 bits per heavy atom. The Bertz CT molecular complexity index is 1430. The summed E-state index contributed by atoms with van der Waals surface area (Å²) < 4.78 is 33.6. The van der Waals surface area contributed by atoms with Crippen molar-refractivity contribution in [3.05, 3.63) is 78.4 Å². The molecule has 3 aromatic carbocycles. The number of nitrogens with zero attached hydrogens (tertiary/aromatic N) is 3. The molecule has 5 rings (SSSR count). The first-order valence-corrected chi connectivity index (χ1v) is 13.2. The van der Waals surface area contributed by atoms with E-state index in [1.165, 1.54) is 48.5 Å². The lowest BCUT2D eigenvalue weighted by molar-refractivity contribution is 0.0735. The third kappa shape index (κ3) is 4.36. The summed E-state index contributed by atoms with van der Waals surface area (Å²) >= 11 is 1.59. The first-order valence-electron chi connectivity index (χ1n) is 10.9. The van der Waals surface area contributed by atoms with Gasteiger partial charge in [0.1, 0.15) is 5.75 Å². The van der Waals surface area contributed by atoms with Crippen LogP contribution in [0.2, 0.25) is 0 Å². The van der Waals surface area contributed by atoms with E-state index >= 15 is 0 Å². The van der Waals surface area contributed by atoms with E-state index in [1.54, 1.807) is 41.7 Å². The van der Waals surface area contributed by atoms with Gasteiger partial charge in [-0.3, -0.25) is 4.31 Å². The van der Waals surface area contributed by atoms with Crippen LogP contribution in [0.25, 0.3) is 10.2 Å². The molecule has 7 nitrogen and oxygen atoms in total. The number of aromatic nitrogens is 1. The van der Waals surface area contributed by atoms with Gasteiger partial charge in [0, 0.05) is 26.2 Å². The van der Waals surface area contributed by atoms with Crippen molar-refractivity contribution in [2.45, 2.75) is 17.7 Å². The van der Waals surface area contributed by atoms with Crippen molar-refractivity contribution in [2.75, 3.05) is 29.3 Å². The van der Waals surface area contributed by atoms with Crippen LogP contribution in [0.3, 0.4) is 0 Å². The van der Waals surface area contributed by atoms with Gasteiger partial charge < -0.3 is 9.64 Å². The van der Waals surface area contributed by atoms with Crippen LogP contribution in [-0.4, -0.2) is 39.5 Å².